The van der Waals surface area contributed by atoms with Crippen molar-refractivity contribution in [3.63, 3.8) is 0 Å². The van der Waals surface area contributed by atoms with Gasteiger partial charge in [0.2, 0.25) is 0 Å². The molecule has 0 bridgehead atoms. The van der Waals surface area contributed by atoms with Gasteiger partial charge in [-0.25, -0.2) is 28.3 Å². The van der Waals surface area contributed by atoms with Crippen molar-refractivity contribution in [2.75, 3.05) is 167 Å². The molecule has 20 heteroatoms. The zero-order valence-corrected chi connectivity index (χ0v) is 38.6. The number of anilines is 1. The van der Waals surface area contributed by atoms with Crippen molar-refractivity contribution in [1.82, 2.24) is 51.4 Å². The minimum absolute atomic E-state index is 0.797. The van der Waals surface area contributed by atoms with Gasteiger partial charge < -0.3 is 4.67 Å². The van der Waals surface area contributed by atoms with Crippen molar-refractivity contribution in [2.24, 2.45) is 19.0 Å². The van der Waals surface area contributed by atoms with Gasteiger partial charge >= 0.3 is 0 Å². The van der Waals surface area contributed by atoms with Crippen LogP contribution in [-0.2, 0) is 0 Å². The molecule has 0 spiro atoms. The maximum Gasteiger partial charge on any atom is 0.196 e. The molecule has 0 atom stereocenters. The Bertz CT molecular complexity index is 1460. The highest BCUT2D eigenvalue weighted by Gasteiger charge is 2.43. The van der Waals surface area contributed by atoms with Gasteiger partial charge in [-0.3, -0.25) is 42.0 Å². The summed E-state index contributed by atoms with van der Waals surface area (Å²) in [6.07, 6.45) is 0. The Balaban J connectivity index is 3.71. The van der Waals surface area contributed by atoms with Crippen LogP contribution in [0.15, 0.2) is 25.0 Å². The predicted molar refractivity (Wildman–Crippen MR) is 221 cm³/mol. The second-order valence-corrected chi connectivity index (χ2v) is 28.8. The third kappa shape index (κ3) is 7.37. The van der Waals surface area contributed by atoms with Crippen LogP contribution in [0, 0.1) is 0 Å². The molecule has 0 fully saturated rings. The molecule has 0 aromatic heterocycles. The van der Waals surface area contributed by atoms with Crippen molar-refractivity contribution in [1.29, 1.82) is 0 Å². The Labute approximate surface area is 301 Å². The number of nitrogens with zero attached hydrogens (tertiary/aromatic N) is 16. The van der Waals surface area contributed by atoms with Crippen LogP contribution >= 0.6 is 30.0 Å². The highest BCUT2D eigenvalue weighted by molar-refractivity contribution is 7.64. The lowest BCUT2D eigenvalue weighted by molar-refractivity contribution is 0.473. The first kappa shape index (κ1) is 44.7. The molecule has 286 valence electrons. The van der Waals surface area contributed by atoms with E-state index in [0.717, 1.165) is 28.4 Å². The van der Waals surface area contributed by atoms with Crippen LogP contribution in [0.3, 0.4) is 0 Å². The van der Waals surface area contributed by atoms with Crippen molar-refractivity contribution >= 4 is 58.5 Å². The Hall–Kier alpha value is -0.500. The summed E-state index contributed by atoms with van der Waals surface area (Å²) in [7, 11) is 38.9. The molecule has 1 heterocycles. The van der Waals surface area contributed by atoms with Crippen molar-refractivity contribution in [2.45, 2.75) is 0 Å². The Morgan fingerprint density at radius 2 is 0.755 bits per heavy atom. The van der Waals surface area contributed by atoms with Gasteiger partial charge in [0.1, 0.15) is 11.4 Å². The van der Waals surface area contributed by atoms with Gasteiger partial charge in [-0.1, -0.05) is 0 Å². The summed E-state index contributed by atoms with van der Waals surface area (Å²) in [6.45, 7) is 0. The van der Waals surface area contributed by atoms with E-state index in [1.54, 1.807) is 0 Å². The van der Waals surface area contributed by atoms with Crippen LogP contribution in [0.2, 0.25) is 0 Å². The molecule has 0 unspecified atom stereocenters. The van der Waals surface area contributed by atoms with Crippen LogP contribution in [-0.4, -0.2) is 213 Å². The summed E-state index contributed by atoms with van der Waals surface area (Å²) >= 11 is 0. The van der Waals surface area contributed by atoms with Crippen LogP contribution < -0.4 is 4.67 Å². The Morgan fingerprint density at radius 1 is 0.469 bits per heavy atom. The summed E-state index contributed by atoms with van der Waals surface area (Å²) in [5.41, 5.74) is 4.24. The Kier molecular flexibility index (Phi) is 14.8. The van der Waals surface area contributed by atoms with Gasteiger partial charge in [-0.2, -0.15) is 0 Å². The average Bonchev–Trinajstić information content (AvgIpc) is 3.26. The van der Waals surface area contributed by atoms with E-state index in [9.17, 15) is 0 Å². The molecule has 0 aliphatic carbocycles. The zero-order chi connectivity index (χ0) is 38.4. The molecule has 49 heavy (non-hydrogen) atoms. The minimum Gasteiger partial charge on any atom is -0.314 e. The summed E-state index contributed by atoms with van der Waals surface area (Å²) in [5, 5.41) is 0. The average molecular weight is 767 g/mol. The standard InChI is InChI=1S/C29H70N16P4/c1-34(2)46(35(3)4,36(5)6)30-25-24-26(31-47(37(7)8,38(9)10)39(11)12)28-29(45(23)49(33-28,43(19)20)44(21)22)27(25)32-48(40(13)14,41(15)16)42(17)18/h24H,1-23H3. The first-order valence-electron chi connectivity index (χ1n) is 16.2. The molecule has 1 aliphatic rings. The molecule has 2 rings (SSSR count). The summed E-state index contributed by atoms with van der Waals surface area (Å²) < 4.78 is 50.2. The van der Waals surface area contributed by atoms with E-state index in [1.165, 1.54) is 0 Å². The maximum absolute atomic E-state index is 5.87. The van der Waals surface area contributed by atoms with E-state index in [1.807, 2.05) is 0 Å². The largest absolute Gasteiger partial charge is 0.314 e. The fraction of sp³-hybridized carbons (Fsp3) is 0.793. The second-order valence-electron chi connectivity index (χ2n) is 14.4. The molecule has 0 radical (unpaired) electrons. The molecular formula is C29H70N16P4. The van der Waals surface area contributed by atoms with Crippen molar-refractivity contribution < 1.29 is 0 Å². The van der Waals surface area contributed by atoms with Crippen LogP contribution in [0.25, 0.3) is 0 Å². The molecule has 1 aliphatic heterocycles. The van der Waals surface area contributed by atoms with Crippen LogP contribution in [0.1, 0.15) is 0 Å². The molecule has 0 amide bonds. The van der Waals surface area contributed by atoms with Crippen LogP contribution in [0.4, 0.5) is 28.4 Å². The third-order valence-electron chi connectivity index (χ3n) is 8.79. The lowest BCUT2D eigenvalue weighted by atomic mass is 10.1. The molecule has 0 N–H and O–H groups in total. The first-order valence-corrected chi connectivity index (χ1v) is 22.6. The molecular weight excluding hydrogens is 696 g/mol. The topological polar surface area (TPSA) is 88.3 Å². The molecule has 1 aromatic carbocycles. The van der Waals surface area contributed by atoms with E-state index in [4.69, 9.17) is 19.0 Å². The molecule has 0 saturated carbocycles. The minimum atomic E-state index is -2.44. The maximum atomic E-state index is 5.87. The highest BCUT2D eigenvalue weighted by atomic mass is 31.2. The smallest absolute Gasteiger partial charge is 0.196 e. The van der Waals surface area contributed by atoms with Gasteiger partial charge in [0.15, 0.2) is 30.0 Å². The van der Waals surface area contributed by atoms with Crippen molar-refractivity contribution in [3.05, 3.63) is 6.07 Å². The normalized spacial score (nSPS) is 15.9. The fourth-order valence-corrected chi connectivity index (χ4v) is 19.7. The van der Waals surface area contributed by atoms with Gasteiger partial charge in [-0.05, 0) is 161 Å². The van der Waals surface area contributed by atoms with Gasteiger partial charge in [0.05, 0.1) is 17.1 Å². The zero-order valence-electron chi connectivity index (χ0n) is 35.0. The SMILES string of the molecule is CN(C)P(=Nc1cc(N=P(N(C)C)(N(C)C)N(C)C)c2c(c1N=P(N(C)C)(N(C)C)N(C)C)N(C)P(N(C)C)(N(C)C)=N2)(N(C)C)N(C)C. The third-order valence-corrected chi connectivity index (χ3v) is 23.5. The van der Waals surface area contributed by atoms with E-state index in [2.05, 4.69) is 224 Å². The number of hydrogen-bond acceptors (Lipinski definition) is 7. The van der Waals surface area contributed by atoms with Gasteiger partial charge in [0, 0.05) is 7.05 Å². The summed E-state index contributed by atoms with van der Waals surface area (Å²) in [5.74, 6) is 0. The Morgan fingerprint density at radius 3 is 1.04 bits per heavy atom. The first-order chi connectivity index (χ1) is 22.3. The molecule has 1 aromatic rings. The van der Waals surface area contributed by atoms with E-state index in [0.29, 0.717) is 0 Å². The van der Waals surface area contributed by atoms with E-state index in [-0.39, 0.29) is 0 Å². The van der Waals surface area contributed by atoms with E-state index < -0.39 is 30.0 Å². The number of rotatable bonds is 14. The number of fused-ring (bicyclic) bond motifs is 1. The number of benzene rings is 1. The second kappa shape index (κ2) is 16.3. The van der Waals surface area contributed by atoms with Gasteiger partial charge in [-0.15, -0.1) is 0 Å². The molecule has 0 saturated heterocycles. The summed E-state index contributed by atoms with van der Waals surface area (Å²) in [6, 6.07) is 2.16. The lowest BCUT2D eigenvalue weighted by Crippen LogP contribution is -2.31. The predicted octanol–water partition coefficient (Wildman–Crippen LogP) is 6.62. The summed E-state index contributed by atoms with van der Waals surface area (Å²) in [4.78, 5) is 0. The van der Waals surface area contributed by atoms with Crippen LogP contribution in [0.5, 0.6) is 0 Å². The molecule has 16 nitrogen and oxygen atoms in total. The van der Waals surface area contributed by atoms with Crippen molar-refractivity contribution in [3.8, 4) is 0 Å². The highest BCUT2D eigenvalue weighted by Crippen LogP contribution is 2.74. The van der Waals surface area contributed by atoms with Gasteiger partial charge in [0.25, 0.3) is 0 Å². The number of hydrogen-bond donors (Lipinski definition) is 0. The fourth-order valence-electron chi connectivity index (χ4n) is 7.13. The lowest BCUT2D eigenvalue weighted by Gasteiger charge is -2.43. The quantitative estimate of drug-likeness (QED) is 0.191. The monoisotopic (exact) mass is 766 g/mol. The van der Waals surface area contributed by atoms with E-state index >= 15 is 0 Å².